The number of amides is 1. The minimum Gasteiger partial charge on any atom is -0.497 e. The zero-order valence-electron chi connectivity index (χ0n) is 15.0. The molecule has 1 fully saturated rings. The number of hydrogen-bond acceptors (Lipinski definition) is 6. The fourth-order valence-corrected chi connectivity index (χ4v) is 3.17. The lowest BCUT2D eigenvalue weighted by atomic mass is 9.97. The number of methoxy groups -OCH3 is 3. The standard InChI is InChI=1S/C19H21NO6/c1-23-13-4-5-16(24-2)14(8-13)12-6-7-20(10-12)19(22)17-9-15(21)18(25-3)11-26-17/h4-5,8-9,11-12H,6-7,10H2,1-3H3/t12-/m1/s1. The third-order valence-electron chi connectivity index (χ3n) is 4.58. The highest BCUT2D eigenvalue weighted by molar-refractivity contribution is 5.91. The first-order valence-corrected chi connectivity index (χ1v) is 8.25. The molecule has 0 unspecified atom stereocenters. The molecule has 1 saturated heterocycles. The zero-order chi connectivity index (χ0) is 18.7. The van der Waals surface area contributed by atoms with Crippen molar-refractivity contribution >= 4 is 5.91 Å². The average molecular weight is 359 g/mol. The van der Waals surface area contributed by atoms with E-state index in [4.69, 9.17) is 18.6 Å². The molecule has 1 atom stereocenters. The predicted molar refractivity (Wildman–Crippen MR) is 94.3 cm³/mol. The van der Waals surface area contributed by atoms with Gasteiger partial charge in [-0.1, -0.05) is 0 Å². The normalized spacial score (nSPS) is 16.4. The van der Waals surface area contributed by atoms with Gasteiger partial charge >= 0.3 is 0 Å². The molecule has 0 N–H and O–H groups in total. The van der Waals surface area contributed by atoms with Crippen molar-refractivity contribution in [3.63, 3.8) is 0 Å². The van der Waals surface area contributed by atoms with Gasteiger partial charge in [0.05, 0.1) is 21.3 Å². The molecular formula is C19H21NO6. The second-order valence-corrected chi connectivity index (χ2v) is 6.02. The van der Waals surface area contributed by atoms with E-state index in [1.807, 2.05) is 18.2 Å². The Morgan fingerprint density at radius 2 is 1.88 bits per heavy atom. The number of ether oxygens (including phenoxy) is 3. The van der Waals surface area contributed by atoms with E-state index in [0.717, 1.165) is 29.7 Å². The molecule has 7 heteroatoms. The van der Waals surface area contributed by atoms with Crippen LogP contribution in [-0.4, -0.2) is 45.2 Å². The third kappa shape index (κ3) is 3.37. The number of carbonyl (C=O) groups is 1. The van der Waals surface area contributed by atoms with Crippen molar-refractivity contribution in [1.29, 1.82) is 0 Å². The van der Waals surface area contributed by atoms with Gasteiger partial charge in [0, 0.05) is 30.6 Å². The summed E-state index contributed by atoms with van der Waals surface area (Å²) in [5, 5.41) is 0. The smallest absolute Gasteiger partial charge is 0.289 e. The first-order chi connectivity index (χ1) is 12.6. The Morgan fingerprint density at radius 1 is 1.12 bits per heavy atom. The fourth-order valence-electron chi connectivity index (χ4n) is 3.17. The molecule has 0 spiro atoms. The molecule has 0 radical (unpaired) electrons. The third-order valence-corrected chi connectivity index (χ3v) is 4.58. The van der Waals surface area contributed by atoms with Crippen LogP contribution in [0.4, 0.5) is 0 Å². The molecule has 1 amide bonds. The summed E-state index contributed by atoms with van der Waals surface area (Å²) in [6, 6.07) is 6.80. The Morgan fingerprint density at radius 3 is 2.54 bits per heavy atom. The molecule has 1 aliphatic heterocycles. The molecule has 2 heterocycles. The molecule has 0 aliphatic carbocycles. The highest BCUT2D eigenvalue weighted by Crippen LogP contribution is 2.36. The molecule has 7 nitrogen and oxygen atoms in total. The van der Waals surface area contributed by atoms with Gasteiger partial charge in [-0.25, -0.2) is 0 Å². The van der Waals surface area contributed by atoms with Crippen LogP contribution in [0.25, 0.3) is 0 Å². The monoisotopic (exact) mass is 359 g/mol. The van der Waals surface area contributed by atoms with E-state index in [1.54, 1.807) is 19.1 Å². The second-order valence-electron chi connectivity index (χ2n) is 6.02. The summed E-state index contributed by atoms with van der Waals surface area (Å²) in [7, 11) is 4.61. The van der Waals surface area contributed by atoms with Crippen LogP contribution in [-0.2, 0) is 0 Å². The number of nitrogens with zero attached hydrogens (tertiary/aromatic N) is 1. The van der Waals surface area contributed by atoms with Crippen LogP contribution < -0.4 is 19.6 Å². The van der Waals surface area contributed by atoms with Crippen LogP contribution in [0.2, 0.25) is 0 Å². The number of benzene rings is 1. The van der Waals surface area contributed by atoms with Crippen molar-refractivity contribution in [3.8, 4) is 17.2 Å². The second kappa shape index (κ2) is 7.51. The van der Waals surface area contributed by atoms with Crippen molar-refractivity contribution in [1.82, 2.24) is 4.90 Å². The lowest BCUT2D eigenvalue weighted by Crippen LogP contribution is -2.29. The molecular weight excluding hydrogens is 338 g/mol. The highest BCUT2D eigenvalue weighted by Gasteiger charge is 2.31. The van der Waals surface area contributed by atoms with E-state index in [1.165, 1.54) is 13.2 Å². The van der Waals surface area contributed by atoms with Gasteiger partial charge in [0.1, 0.15) is 17.8 Å². The molecule has 0 bridgehead atoms. The van der Waals surface area contributed by atoms with Crippen molar-refractivity contribution in [2.24, 2.45) is 0 Å². The summed E-state index contributed by atoms with van der Waals surface area (Å²) in [5.74, 6) is 1.40. The van der Waals surface area contributed by atoms with Gasteiger partial charge in [0.25, 0.3) is 5.91 Å². The number of likely N-dealkylation sites (tertiary alicyclic amines) is 1. The average Bonchev–Trinajstić information content (AvgIpc) is 3.16. The maximum absolute atomic E-state index is 12.6. The summed E-state index contributed by atoms with van der Waals surface area (Å²) in [5.41, 5.74) is 0.616. The molecule has 1 aliphatic rings. The van der Waals surface area contributed by atoms with E-state index in [0.29, 0.717) is 13.1 Å². The molecule has 0 saturated carbocycles. The van der Waals surface area contributed by atoms with Crippen molar-refractivity contribution in [3.05, 3.63) is 52.1 Å². The lowest BCUT2D eigenvalue weighted by Gasteiger charge is -2.18. The Bertz CT molecular complexity index is 859. The zero-order valence-corrected chi connectivity index (χ0v) is 15.0. The van der Waals surface area contributed by atoms with Gasteiger partial charge in [-0.2, -0.15) is 0 Å². The molecule has 138 valence electrons. The van der Waals surface area contributed by atoms with Crippen LogP contribution in [0.5, 0.6) is 17.2 Å². The summed E-state index contributed by atoms with van der Waals surface area (Å²) in [6.07, 6.45) is 1.95. The number of carbonyl (C=O) groups excluding carboxylic acids is 1. The molecule has 1 aromatic carbocycles. The van der Waals surface area contributed by atoms with Gasteiger partial charge in [-0.3, -0.25) is 9.59 Å². The summed E-state index contributed by atoms with van der Waals surface area (Å²) < 4.78 is 20.9. The van der Waals surface area contributed by atoms with Gasteiger partial charge in [0.2, 0.25) is 11.2 Å². The van der Waals surface area contributed by atoms with E-state index >= 15 is 0 Å². The Labute approximate surface area is 151 Å². The minimum absolute atomic E-state index is 0.00839. The Balaban J connectivity index is 1.79. The fraction of sp³-hybridized carbons (Fsp3) is 0.368. The van der Waals surface area contributed by atoms with E-state index in [2.05, 4.69) is 0 Å². The topological polar surface area (TPSA) is 78.2 Å². The SMILES string of the molecule is COc1ccc(OC)c([C@@H]2CCN(C(=O)c3cc(=O)c(OC)co3)C2)c1. The number of rotatable bonds is 5. The van der Waals surface area contributed by atoms with Crippen LogP contribution in [0, 0.1) is 0 Å². The lowest BCUT2D eigenvalue weighted by molar-refractivity contribution is 0.0755. The van der Waals surface area contributed by atoms with Crippen molar-refractivity contribution < 1.29 is 23.4 Å². The summed E-state index contributed by atoms with van der Waals surface area (Å²) in [6.45, 7) is 1.08. The van der Waals surface area contributed by atoms with Crippen LogP contribution in [0.15, 0.2) is 39.7 Å². The van der Waals surface area contributed by atoms with E-state index in [9.17, 15) is 9.59 Å². The minimum atomic E-state index is -0.382. The first kappa shape index (κ1) is 17.8. The Hall–Kier alpha value is -2.96. The Kier molecular flexibility index (Phi) is 5.16. The van der Waals surface area contributed by atoms with Crippen LogP contribution >= 0.6 is 0 Å². The quantitative estimate of drug-likeness (QED) is 0.815. The largest absolute Gasteiger partial charge is 0.497 e. The van der Waals surface area contributed by atoms with Crippen LogP contribution in [0.1, 0.15) is 28.5 Å². The van der Waals surface area contributed by atoms with Gasteiger partial charge in [-0.15, -0.1) is 0 Å². The first-order valence-electron chi connectivity index (χ1n) is 8.25. The molecule has 3 rings (SSSR count). The van der Waals surface area contributed by atoms with Crippen LogP contribution in [0.3, 0.4) is 0 Å². The molecule has 26 heavy (non-hydrogen) atoms. The maximum Gasteiger partial charge on any atom is 0.289 e. The van der Waals surface area contributed by atoms with E-state index < -0.39 is 0 Å². The molecule has 1 aromatic heterocycles. The summed E-state index contributed by atoms with van der Waals surface area (Å²) >= 11 is 0. The van der Waals surface area contributed by atoms with Gasteiger partial charge in [-0.05, 0) is 24.6 Å². The van der Waals surface area contributed by atoms with E-state index in [-0.39, 0.29) is 28.8 Å². The number of hydrogen-bond donors (Lipinski definition) is 0. The van der Waals surface area contributed by atoms with Crippen molar-refractivity contribution in [2.45, 2.75) is 12.3 Å². The molecule has 2 aromatic rings. The maximum atomic E-state index is 12.6. The van der Waals surface area contributed by atoms with Gasteiger partial charge < -0.3 is 23.5 Å². The summed E-state index contributed by atoms with van der Waals surface area (Å²) in [4.78, 5) is 26.2. The predicted octanol–water partition coefficient (Wildman–Crippen LogP) is 2.30. The highest BCUT2D eigenvalue weighted by atomic mass is 16.5. The van der Waals surface area contributed by atoms with Gasteiger partial charge in [0.15, 0.2) is 5.76 Å². The van der Waals surface area contributed by atoms with Crippen molar-refractivity contribution in [2.75, 3.05) is 34.4 Å².